The third kappa shape index (κ3) is 5.46. The number of ether oxygens (including phenoxy) is 1. The summed E-state index contributed by atoms with van der Waals surface area (Å²) < 4.78 is 5.64. The average Bonchev–Trinajstić information content (AvgIpc) is 2.23. The maximum atomic E-state index is 12.1. The average molecular weight is 285 g/mol. The molecule has 0 saturated carbocycles. The Morgan fingerprint density at radius 3 is 2.15 bits per heavy atom. The Morgan fingerprint density at radius 1 is 1.20 bits per heavy atom. The summed E-state index contributed by atoms with van der Waals surface area (Å²) in [7, 11) is 0. The van der Waals surface area contributed by atoms with Gasteiger partial charge in [0.05, 0.1) is 18.2 Å². The van der Waals surface area contributed by atoms with E-state index in [0.29, 0.717) is 13.1 Å². The number of nitrogens with one attached hydrogen (secondary N) is 2. The van der Waals surface area contributed by atoms with Crippen molar-refractivity contribution in [1.29, 1.82) is 0 Å². The first kappa shape index (κ1) is 16.9. The second-order valence-corrected chi connectivity index (χ2v) is 6.58. The van der Waals surface area contributed by atoms with E-state index in [4.69, 9.17) is 4.74 Å². The lowest BCUT2D eigenvalue weighted by Crippen LogP contribution is -2.56. The molecule has 2 N–H and O–H groups in total. The molecule has 1 aliphatic rings. The zero-order valence-electron chi connectivity index (χ0n) is 13.3. The van der Waals surface area contributed by atoms with Crippen LogP contribution in [0.2, 0.25) is 0 Å². The highest BCUT2D eigenvalue weighted by Gasteiger charge is 2.30. The van der Waals surface area contributed by atoms with Gasteiger partial charge >= 0.3 is 6.03 Å². The maximum absolute atomic E-state index is 12.1. The van der Waals surface area contributed by atoms with Crippen molar-refractivity contribution >= 4 is 11.9 Å². The molecule has 3 unspecified atom stereocenters. The Morgan fingerprint density at radius 2 is 1.70 bits per heavy atom. The van der Waals surface area contributed by atoms with E-state index in [1.807, 2.05) is 46.4 Å². The molecule has 0 aromatic carbocycles. The minimum atomic E-state index is -0.455. The van der Waals surface area contributed by atoms with Gasteiger partial charge in [-0.2, -0.15) is 0 Å². The van der Waals surface area contributed by atoms with Crippen LogP contribution in [-0.2, 0) is 9.53 Å². The molecule has 1 heterocycles. The van der Waals surface area contributed by atoms with Crippen LogP contribution in [-0.4, -0.2) is 53.7 Å². The van der Waals surface area contributed by atoms with Gasteiger partial charge in [0.2, 0.25) is 5.91 Å². The Hall–Kier alpha value is -1.14. The summed E-state index contributed by atoms with van der Waals surface area (Å²) in [6.07, 6.45) is 0.190. The van der Waals surface area contributed by atoms with Crippen LogP contribution < -0.4 is 10.6 Å². The molecule has 0 aliphatic carbocycles. The lowest BCUT2D eigenvalue weighted by atomic mass is 10.1. The van der Waals surface area contributed by atoms with Crippen molar-refractivity contribution in [2.75, 3.05) is 13.1 Å². The fraction of sp³-hybridized carbons (Fsp3) is 0.857. The molecule has 0 radical (unpaired) electrons. The first-order valence-corrected chi connectivity index (χ1v) is 7.11. The van der Waals surface area contributed by atoms with Crippen molar-refractivity contribution in [3.05, 3.63) is 0 Å². The molecule has 6 heteroatoms. The Kier molecular flexibility index (Phi) is 5.53. The van der Waals surface area contributed by atoms with E-state index in [2.05, 4.69) is 10.6 Å². The van der Waals surface area contributed by atoms with E-state index in [9.17, 15) is 9.59 Å². The van der Waals surface area contributed by atoms with E-state index in [0.717, 1.165) is 0 Å². The molecule has 20 heavy (non-hydrogen) atoms. The lowest BCUT2D eigenvalue weighted by Gasteiger charge is -2.38. The molecule has 0 aromatic heterocycles. The fourth-order valence-electron chi connectivity index (χ4n) is 2.29. The molecule has 1 rings (SSSR count). The van der Waals surface area contributed by atoms with Gasteiger partial charge in [-0.25, -0.2) is 4.79 Å². The highest BCUT2D eigenvalue weighted by molar-refractivity contribution is 5.97. The number of carbonyl (C=O) groups is 2. The zero-order valence-corrected chi connectivity index (χ0v) is 13.3. The van der Waals surface area contributed by atoms with Crippen LogP contribution in [0, 0.1) is 0 Å². The first-order chi connectivity index (χ1) is 9.08. The van der Waals surface area contributed by atoms with E-state index >= 15 is 0 Å². The van der Waals surface area contributed by atoms with Gasteiger partial charge in [0.15, 0.2) is 0 Å². The Balaban J connectivity index is 2.52. The van der Waals surface area contributed by atoms with Gasteiger partial charge in [-0.05, 0) is 41.5 Å². The van der Waals surface area contributed by atoms with E-state index < -0.39 is 6.03 Å². The topological polar surface area (TPSA) is 70.7 Å². The second-order valence-electron chi connectivity index (χ2n) is 6.58. The predicted octanol–water partition coefficient (Wildman–Crippen LogP) is 1.11. The molecule has 3 amide bonds. The van der Waals surface area contributed by atoms with Gasteiger partial charge < -0.3 is 10.1 Å². The van der Waals surface area contributed by atoms with Crippen LogP contribution in [0.1, 0.15) is 41.5 Å². The molecule has 0 bridgehead atoms. The van der Waals surface area contributed by atoms with Crippen LogP contribution in [0.25, 0.3) is 0 Å². The summed E-state index contributed by atoms with van der Waals surface area (Å²) in [5.74, 6) is -0.284. The standard InChI is InChI=1S/C14H27N3O3/c1-9-7-17(8-10(2)20-9)11(3)12(18)15-13(19)16-14(4,5)6/h9-11H,7-8H2,1-6H3,(H2,15,16,18,19). The number of rotatable bonds is 2. The number of amides is 3. The highest BCUT2D eigenvalue weighted by Crippen LogP contribution is 2.13. The lowest BCUT2D eigenvalue weighted by molar-refractivity contribution is -0.130. The van der Waals surface area contributed by atoms with Gasteiger partial charge in [0, 0.05) is 18.6 Å². The van der Waals surface area contributed by atoms with Crippen molar-refractivity contribution < 1.29 is 14.3 Å². The summed E-state index contributed by atoms with van der Waals surface area (Å²) in [4.78, 5) is 25.8. The van der Waals surface area contributed by atoms with Gasteiger partial charge in [0.25, 0.3) is 0 Å². The Labute approximate surface area is 121 Å². The summed E-state index contributed by atoms with van der Waals surface area (Å²) >= 11 is 0. The van der Waals surface area contributed by atoms with Crippen LogP contribution in [0.3, 0.4) is 0 Å². The minimum absolute atomic E-state index is 0.0948. The predicted molar refractivity (Wildman–Crippen MR) is 77.5 cm³/mol. The van der Waals surface area contributed by atoms with Crippen molar-refractivity contribution in [1.82, 2.24) is 15.5 Å². The fourth-order valence-corrected chi connectivity index (χ4v) is 2.29. The van der Waals surface area contributed by atoms with Crippen molar-refractivity contribution in [2.24, 2.45) is 0 Å². The first-order valence-electron chi connectivity index (χ1n) is 7.11. The quantitative estimate of drug-likeness (QED) is 0.797. The van der Waals surface area contributed by atoms with Gasteiger partial charge in [0.1, 0.15) is 0 Å². The molecular weight excluding hydrogens is 258 g/mol. The molecule has 1 fully saturated rings. The molecule has 3 atom stereocenters. The third-order valence-electron chi connectivity index (χ3n) is 3.10. The van der Waals surface area contributed by atoms with Crippen LogP contribution in [0.15, 0.2) is 0 Å². The normalized spacial score (nSPS) is 25.9. The molecule has 6 nitrogen and oxygen atoms in total. The van der Waals surface area contributed by atoms with Crippen LogP contribution in [0.5, 0.6) is 0 Å². The number of urea groups is 1. The van der Waals surface area contributed by atoms with Gasteiger partial charge in [-0.1, -0.05) is 0 Å². The molecule has 1 saturated heterocycles. The molecule has 0 aromatic rings. The van der Waals surface area contributed by atoms with E-state index in [-0.39, 0.29) is 29.7 Å². The smallest absolute Gasteiger partial charge is 0.321 e. The van der Waals surface area contributed by atoms with Gasteiger partial charge in [-0.3, -0.25) is 15.0 Å². The maximum Gasteiger partial charge on any atom is 0.321 e. The number of morpholine rings is 1. The Bertz CT molecular complexity index is 355. The molecule has 1 aliphatic heterocycles. The monoisotopic (exact) mass is 285 g/mol. The van der Waals surface area contributed by atoms with Crippen molar-refractivity contribution in [3.8, 4) is 0 Å². The molecule has 116 valence electrons. The highest BCUT2D eigenvalue weighted by atomic mass is 16.5. The van der Waals surface area contributed by atoms with Crippen molar-refractivity contribution in [3.63, 3.8) is 0 Å². The number of nitrogens with zero attached hydrogens (tertiary/aromatic N) is 1. The SMILES string of the molecule is CC1CN(C(C)C(=O)NC(=O)NC(C)(C)C)CC(C)O1. The third-order valence-corrected chi connectivity index (χ3v) is 3.10. The van der Waals surface area contributed by atoms with E-state index in [1.165, 1.54) is 0 Å². The summed E-state index contributed by atoms with van der Waals surface area (Å²) in [5, 5.41) is 5.10. The largest absolute Gasteiger partial charge is 0.373 e. The van der Waals surface area contributed by atoms with Crippen molar-refractivity contribution in [2.45, 2.75) is 65.3 Å². The summed E-state index contributed by atoms with van der Waals surface area (Å²) in [6, 6.07) is -0.807. The summed E-state index contributed by atoms with van der Waals surface area (Å²) in [5.41, 5.74) is -0.365. The zero-order chi connectivity index (χ0) is 15.5. The number of carbonyl (C=O) groups excluding carboxylic acids is 2. The second kappa shape index (κ2) is 6.54. The van der Waals surface area contributed by atoms with E-state index in [1.54, 1.807) is 0 Å². The number of hydrogen-bond donors (Lipinski definition) is 2. The molecular formula is C14H27N3O3. The van der Waals surface area contributed by atoms with Crippen LogP contribution >= 0.6 is 0 Å². The molecule has 0 spiro atoms. The number of hydrogen-bond acceptors (Lipinski definition) is 4. The minimum Gasteiger partial charge on any atom is -0.373 e. The van der Waals surface area contributed by atoms with Crippen LogP contribution in [0.4, 0.5) is 4.79 Å². The number of imide groups is 1. The van der Waals surface area contributed by atoms with Gasteiger partial charge in [-0.15, -0.1) is 0 Å². The summed E-state index contributed by atoms with van der Waals surface area (Å²) in [6.45, 7) is 12.8.